The first-order valence-corrected chi connectivity index (χ1v) is 7.11. The Kier molecular flexibility index (Phi) is 4.79. The van der Waals surface area contributed by atoms with E-state index >= 15 is 0 Å². The minimum absolute atomic E-state index is 0.316. The van der Waals surface area contributed by atoms with Crippen molar-refractivity contribution in [2.45, 2.75) is 51.7 Å². The van der Waals surface area contributed by atoms with Crippen LogP contribution in [-0.4, -0.2) is 17.8 Å². The Morgan fingerprint density at radius 3 is 2.78 bits per heavy atom. The van der Waals surface area contributed by atoms with Gasteiger partial charge >= 0.3 is 0 Å². The third-order valence-electron chi connectivity index (χ3n) is 3.90. The standard InChI is InChI=1S/C16H24O2/c1-3-12-6-5-7-14(8-12)16(17)11-13-9-15(10-13)18-4-2/h5-8,13,15-17H,3-4,9-11H2,1-2H3. The average Bonchev–Trinajstić information content (AvgIpc) is 2.36. The molecule has 1 aromatic carbocycles. The number of benzene rings is 1. The van der Waals surface area contributed by atoms with Gasteiger partial charge in [0.25, 0.3) is 0 Å². The van der Waals surface area contributed by atoms with Gasteiger partial charge in [0, 0.05) is 6.61 Å². The van der Waals surface area contributed by atoms with Crippen molar-refractivity contribution in [3.63, 3.8) is 0 Å². The molecule has 1 aromatic rings. The summed E-state index contributed by atoms with van der Waals surface area (Å²) in [6.45, 7) is 4.99. The van der Waals surface area contributed by atoms with Crippen molar-refractivity contribution < 1.29 is 9.84 Å². The molecule has 1 aliphatic rings. The van der Waals surface area contributed by atoms with Crippen LogP contribution in [-0.2, 0) is 11.2 Å². The van der Waals surface area contributed by atoms with Crippen LogP contribution in [0.25, 0.3) is 0 Å². The van der Waals surface area contributed by atoms with E-state index in [1.165, 1.54) is 5.56 Å². The van der Waals surface area contributed by atoms with Crippen LogP contribution in [0.5, 0.6) is 0 Å². The normalized spacial score (nSPS) is 24.6. The van der Waals surface area contributed by atoms with Crippen LogP contribution < -0.4 is 0 Å². The van der Waals surface area contributed by atoms with Gasteiger partial charge in [-0.2, -0.15) is 0 Å². The molecule has 0 heterocycles. The smallest absolute Gasteiger partial charge is 0.0792 e. The van der Waals surface area contributed by atoms with E-state index in [4.69, 9.17) is 4.74 Å². The number of aliphatic hydroxyl groups excluding tert-OH is 1. The number of aryl methyl sites for hydroxylation is 1. The van der Waals surface area contributed by atoms with Crippen molar-refractivity contribution in [1.82, 2.24) is 0 Å². The second-order valence-electron chi connectivity index (χ2n) is 5.26. The van der Waals surface area contributed by atoms with Gasteiger partial charge in [0.1, 0.15) is 0 Å². The molecule has 0 saturated heterocycles. The maximum absolute atomic E-state index is 10.3. The zero-order valence-corrected chi connectivity index (χ0v) is 11.4. The Balaban J connectivity index is 1.83. The summed E-state index contributed by atoms with van der Waals surface area (Å²) < 4.78 is 5.55. The maximum Gasteiger partial charge on any atom is 0.0792 e. The van der Waals surface area contributed by atoms with E-state index in [1.54, 1.807) is 0 Å². The van der Waals surface area contributed by atoms with E-state index in [1.807, 2.05) is 19.1 Å². The first-order chi connectivity index (χ1) is 8.72. The molecule has 2 heteroatoms. The molecule has 0 amide bonds. The molecule has 0 radical (unpaired) electrons. The quantitative estimate of drug-likeness (QED) is 0.835. The summed E-state index contributed by atoms with van der Waals surface area (Å²) in [7, 11) is 0. The van der Waals surface area contributed by atoms with Crippen molar-refractivity contribution >= 4 is 0 Å². The summed E-state index contributed by atoms with van der Waals surface area (Å²) in [6, 6.07) is 8.32. The van der Waals surface area contributed by atoms with Crippen LogP contribution in [0.2, 0.25) is 0 Å². The molecule has 0 aromatic heterocycles. The molecule has 2 nitrogen and oxygen atoms in total. The van der Waals surface area contributed by atoms with Crippen LogP contribution in [0.1, 0.15) is 50.3 Å². The fourth-order valence-corrected chi connectivity index (χ4v) is 2.71. The largest absolute Gasteiger partial charge is 0.388 e. The van der Waals surface area contributed by atoms with Crippen molar-refractivity contribution in [2.24, 2.45) is 5.92 Å². The van der Waals surface area contributed by atoms with E-state index in [0.29, 0.717) is 12.0 Å². The Morgan fingerprint density at radius 1 is 1.33 bits per heavy atom. The van der Waals surface area contributed by atoms with Gasteiger partial charge < -0.3 is 9.84 Å². The summed E-state index contributed by atoms with van der Waals surface area (Å²) in [5.74, 6) is 0.627. The lowest BCUT2D eigenvalue weighted by atomic mass is 9.78. The summed E-state index contributed by atoms with van der Waals surface area (Å²) in [5, 5.41) is 10.3. The molecule has 1 aliphatic carbocycles. The average molecular weight is 248 g/mol. The molecule has 0 bridgehead atoms. The van der Waals surface area contributed by atoms with Gasteiger partial charge in [0.15, 0.2) is 0 Å². The Hall–Kier alpha value is -0.860. The molecule has 1 saturated carbocycles. The molecule has 1 fully saturated rings. The summed E-state index contributed by atoms with van der Waals surface area (Å²) in [5.41, 5.74) is 2.36. The fourth-order valence-electron chi connectivity index (χ4n) is 2.71. The molecule has 0 spiro atoms. The van der Waals surface area contributed by atoms with Crippen LogP contribution in [0.15, 0.2) is 24.3 Å². The Bertz CT molecular complexity index is 369. The van der Waals surface area contributed by atoms with Gasteiger partial charge in [-0.05, 0) is 49.7 Å². The molecule has 100 valence electrons. The highest BCUT2D eigenvalue weighted by atomic mass is 16.5. The highest BCUT2D eigenvalue weighted by molar-refractivity contribution is 5.25. The lowest BCUT2D eigenvalue weighted by Gasteiger charge is -2.36. The SMILES string of the molecule is CCOC1CC(CC(O)c2cccc(CC)c2)C1. The Morgan fingerprint density at radius 2 is 2.11 bits per heavy atom. The number of hydrogen-bond acceptors (Lipinski definition) is 2. The predicted octanol–water partition coefficient (Wildman–Crippen LogP) is 3.49. The highest BCUT2D eigenvalue weighted by Crippen LogP contribution is 2.36. The first-order valence-electron chi connectivity index (χ1n) is 7.11. The van der Waals surface area contributed by atoms with E-state index < -0.39 is 0 Å². The molecular formula is C16H24O2. The number of aliphatic hydroxyl groups is 1. The van der Waals surface area contributed by atoms with Crippen LogP contribution in [0, 0.1) is 5.92 Å². The van der Waals surface area contributed by atoms with E-state index in [-0.39, 0.29) is 6.10 Å². The summed E-state index contributed by atoms with van der Waals surface area (Å²) in [6.07, 6.45) is 4.24. The van der Waals surface area contributed by atoms with E-state index in [0.717, 1.165) is 37.9 Å². The predicted molar refractivity (Wildman–Crippen MR) is 73.5 cm³/mol. The van der Waals surface area contributed by atoms with Crippen LogP contribution in [0.4, 0.5) is 0 Å². The number of hydrogen-bond donors (Lipinski definition) is 1. The minimum Gasteiger partial charge on any atom is -0.388 e. The fraction of sp³-hybridized carbons (Fsp3) is 0.625. The number of ether oxygens (including phenoxy) is 1. The Labute approximate surface area is 110 Å². The van der Waals surface area contributed by atoms with Crippen LogP contribution >= 0.6 is 0 Å². The zero-order chi connectivity index (χ0) is 13.0. The van der Waals surface area contributed by atoms with Gasteiger partial charge in [0.05, 0.1) is 12.2 Å². The summed E-state index contributed by atoms with van der Waals surface area (Å²) in [4.78, 5) is 0. The lowest BCUT2D eigenvalue weighted by molar-refractivity contribution is -0.0380. The van der Waals surface area contributed by atoms with Crippen molar-refractivity contribution in [3.05, 3.63) is 35.4 Å². The van der Waals surface area contributed by atoms with Gasteiger partial charge in [-0.3, -0.25) is 0 Å². The topological polar surface area (TPSA) is 29.5 Å². The highest BCUT2D eigenvalue weighted by Gasteiger charge is 2.31. The van der Waals surface area contributed by atoms with Crippen molar-refractivity contribution in [2.75, 3.05) is 6.61 Å². The molecule has 18 heavy (non-hydrogen) atoms. The van der Waals surface area contributed by atoms with Gasteiger partial charge in [-0.15, -0.1) is 0 Å². The molecule has 1 atom stereocenters. The third kappa shape index (κ3) is 3.33. The second-order valence-corrected chi connectivity index (χ2v) is 5.26. The van der Waals surface area contributed by atoms with Crippen molar-refractivity contribution in [3.8, 4) is 0 Å². The van der Waals surface area contributed by atoms with E-state index in [2.05, 4.69) is 19.1 Å². The van der Waals surface area contributed by atoms with E-state index in [9.17, 15) is 5.11 Å². The monoisotopic (exact) mass is 248 g/mol. The number of rotatable bonds is 6. The minimum atomic E-state index is -0.316. The van der Waals surface area contributed by atoms with Crippen molar-refractivity contribution in [1.29, 1.82) is 0 Å². The van der Waals surface area contributed by atoms with Gasteiger partial charge in [0.2, 0.25) is 0 Å². The molecule has 0 aliphatic heterocycles. The summed E-state index contributed by atoms with van der Waals surface area (Å²) >= 11 is 0. The maximum atomic E-state index is 10.3. The first kappa shape index (κ1) is 13.6. The lowest BCUT2D eigenvalue weighted by Crippen LogP contribution is -2.32. The molecule has 1 unspecified atom stereocenters. The van der Waals surface area contributed by atoms with Gasteiger partial charge in [-0.1, -0.05) is 31.2 Å². The zero-order valence-electron chi connectivity index (χ0n) is 11.4. The third-order valence-corrected chi connectivity index (χ3v) is 3.90. The molecular weight excluding hydrogens is 224 g/mol. The molecule has 1 N–H and O–H groups in total. The van der Waals surface area contributed by atoms with Crippen LogP contribution in [0.3, 0.4) is 0 Å². The second kappa shape index (κ2) is 6.35. The molecule has 2 rings (SSSR count). The van der Waals surface area contributed by atoms with Gasteiger partial charge in [-0.25, -0.2) is 0 Å².